The van der Waals surface area contributed by atoms with Gasteiger partial charge in [-0.3, -0.25) is 0 Å². The van der Waals surface area contributed by atoms with Gasteiger partial charge in [0.15, 0.2) is 5.65 Å². The number of halogens is 1. The van der Waals surface area contributed by atoms with Crippen LogP contribution in [0.2, 0.25) is 0 Å². The van der Waals surface area contributed by atoms with E-state index < -0.39 is 0 Å². The number of aryl methyl sites for hydroxylation is 3. The van der Waals surface area contributed by atoms with Crippen molar-refractivity contribution in [3.8, 4) is 0 Å². The summed E-state index contributed by atoms with van der Waals surface area (Å²) in [5.41, 5.74) is 7.56. The molecule has 0 aliphatic carbocycles. The van der Waals surface area contributed by atoms with Crippen LogP contribution in [0.15, 0.2) is 34.8 Å². The van der Waals surface area contributed by atoms with Crippen LogP contribution >= 0.6 is 15.9 Å². The molecule has 0 unspecified atom stereocenters. The van der Waals surface area contributed by atoms with Crippen molar-refractivity contribution < 1.29 is 0 Å². The van der Waals surface area contributed by atoms with E-state index in [2.05, 4.69) is 71.6 Å². The first-order valence-corrected chi connectivity index (χ1v) is 8.24. The molecule has 4 rings (SSSR count). The SMILES string of the molecule is CCn1c2ccc(Br)cc2c2nc3cc(C)c(C)cc3nc21. The summed E-state index contributed by atoms with van der Waals surface area (Å²) in [7, 11) is 0. The van der Waals surface area contributed by atoms with Gasteiger partial charge in [-0.05, 0) is 62.2 Å². The second-order valence-electron chi connectivity index (χ2n) is 5.73. The Morgan fingerprint density at radius 2 is 1.68 bits per heavy atom. The predicted molar refractivity (Wildman–Crippen MR) is 95.4 cm³/mol. The van der Waals surface area contributed by atoms with Gasteiger partial charge in [0, 0.05) is 16.4 Å². The summed E-state index contributed by atoms with van der Waals surface area (Å²) in [5, 5.41) is 1.15. The molecule has 0 amide bonds. The van der Waals surface area contributed by atoms with Crippen LogP contribution in [0.5, 0.6) is 0 Å². The summed E-state index contributed by atoms with van der Waals surface area (Å²) >= 11 is 3.56. The molecule has 4 heteroatoms. The smallest absolute Gasteiger partial charge is 0.160 e. The molecule has 0 N–H and O–H groups in total. The minimum atomic E-state index is 0.882. The summed E-state index contributed by atoms with van der Waals surface area (Å²) in [4.78, 5) is 9.82. The molecule has 2 heterocycles. The second-order valence-corrected chi connectivity index (χ2v) is 6.64. The van der Waals surface area contributed by atoms with Gasteiger partial charge in [-0.25, -0.2) is 9.97 Å². The van der Waals surface area contributed by atoms with Crippen LogP contribution in [0.4, 0.5) is 0 Å². The third kappa shape index (κ3) is 1.87. The van der Waals surface area contributed by atoms with Crippen molar-refractivity contribution >= 4 is 49.0 Å². The lowest BCUT2D eigenvalue weighted by Gasteiger charge is -2.05. The lowest BCUT2D eigenvalue weighted by Crippen LogP contribution is -1.96. The first-order valence-electron chi connectivity index (χ1n) is 7.45. The maximum atomic E-state index is 4.91. The number of hydrogen-bond donors (Lipinski definition) is 0. The van der Waals surface area contributed by atoms with Gasteiger partial charge in [-0.1, -0.05) is 15.9 Å². The van der Waals surface area contributed by atoms with E-state index in [1.807, 2.05) is 0 Å². The molecule has 0 atom stereocenters. The molecule has 0 spiro atoms. The zero-order chi connectivity index (χ0) is 15.4. The topological polar surface area (TPSA) is 30.7 Å². The number of fused-ring (bicyclic) bond motifs is 4. The summed E-state index contributed by atoms with van der Waals surface area (Å²) < 4.78 is 3.30. The van der Waals surface area contributed by atoms with Crippen LogP contribution in [0.1, 0.15) is 18.1 Å². The minimum absolute atomic E-state index is 0.882. The zero-order valence-electron chi connectivity index (χ0n) is 12.8. The lowest BCUT2D eigenvalue weighted by molar-refractivity contribution is 0.817. The third-order valence-corrected chi connectivity index (χ3v) is 4.83. The maximum Gasteiger partial charge on any atom is 0.160 e. The Labute approximate surface area is 137 Å². The van der Waals surface area contributed by atoms with Gasteiger partial charge in [0.2, 0.25) is 0 Å². The summed E-state index contributed by atoms with van der Waals surface area (Å²) in [6.07, 6.45) is 0. The molecule has 3 nitrogen and oxygen atoms in total. The van der Waals surface area contributed by atoms with Gasteiger partial charge in [-0.15, -0.1) is 0 Å². The monoisotopic (exact) mass is 353 g/mol. The average Bonchev–Trinajstić information content (AvgIpc) is 2.78. The second kappa shape index (κ2) is 4.78. The van der Waals surface area contributed by atoms with E-state index in [4.69, 9.17) is 9.97 Å². The summed E-state index contributed by atoms with van der Waals surface area (Å²) in [6, 6.07) is 10.6. The highest BCUT2D eigenvalue weighted by molar-refractivity contribution is 9.10. The van der Waals surface area contributed by atoms with Crippen molar-refractivity contribution in [2.75, 3.05) is 0 Å². The molecule has 0 saturated heterocycles. The molecule has 0 saturated carbocycles. The van der Waals surface area contributed by atoms with E-state index in [-0.39, 0.29) is 0 Å². The molecule has 22 heavy (non-hydrogen) atoms. The molecule has 2 aromatic carbocycles. The Morgan fingerprint density at radius 1 is 1.00 bits per heavy atom. The first-order chi connectivity index (χ1) is 10.6. The number of hydrogen-bond acceptors (Lipinski definition) is 2. The Kier molecular flexibility index (Phi) is 2.98. The summed E-state index contributed by atoms with van der Waals surface area (Å²) in [6.45, 7) is 7.26. The Morgan fingerprint density at radius 3 is 2.36 bits per heavy atom. The lowest BCUT2D eigenvalue weighted by atomic mass is 10.1. The molecular weight excluding hydrogens is 338 g/mol. The zero-order valence-corrected chi connectivity index (χ0v) is 14.4. The minimum Gasteiger partial charge on any atom is -0.324 e. The van der Waals surface area contributed by atoms with E-state index in [0.29, 0.717) is 0 Å². The largest absolute Gasteiger partial charge is 0.324 e. The van der Waals surface area contributed by atoms with Crippen LogP contribution < -0.4 is 0 Å². The Bertz CT molecular complexity index is 1050. The Hall–Kier alpha value is -1.94. The number of nitrogens with zero attached hydrogens (tertiary/aromatic N) is 3. The molecular formula is C18H16BrN3. The molecule has 2 aromatic heterocycles. The van der Waals surface area contributed by atoms with Gasteiger partial charge in [0.05, 0.1) is 16.6 Å². The standard InChI is InChI=1S/C18H16BrN3/c1-4-22-16-6-5-12(19)9-13(16)17-18(22)21-15-8-11(3)10(2)7-14(15)20-17/h5-9H,4H2,1-3H3. The molecule has 0 aliphatic rings. The van der Waals surface area contributed by atoms with E-state index in [1.165, 1.54) is 16.6 Å². The highest BCUT2D eigenvalue weighted by Gasteiger charge is 2.14. The molecule has 0 radical (unpaired) electrons. The highest BCUT2D eigenvalue weighted by atomic mass is 79.9. The average molecular weight is 354 g/mol. The molecule has 0 fully saturated rings. The van der Waals surface area contributed by atoms with Gasteiger partial charge in [0.1, 0.15) is 5.52 Å². The van der Waals surface area contributed by atoms with Crippen LogP contribution in [-0.4, -0.2) is 14.5 Å². The van der Waals surface area contributed by atoms with E-state index in [9.17, 15) is 0 Å². The normalized spacial score (nSPS) is 11.8. The van der Waals surface area contributed by atoms with E-state index >= 15 is 0 Å². The van der Waals surface area contributed by atoms with Gasteiger partial charge < -0.3 is 4.57 Å². The molecule has 0 aliphatic heterocycles. The third-order valence-electron chi connectivity index (χ3n) is 4.34. The molecule has 110 valence electrons. The van der Waals surface area contributed by atoms with Gasteiger partial charge in [-0.2, -0.15) is 0 Å². The van der Waals surface area contributed by atoms with Crippen molar-refractivity contribution in [3.63, 3.8) is 0 Å². The molecule has 0 bridgehead atoms. The van der Waals surface area contributed by atoms with Crippen molar-refractivity contribution in [2.45, 2.75) is 27.3 Å². The highest BCUT2D eigenvalue weighted by Crippen LogP contribution is 2.30. The van der Waals surface area contributed by atoms with Crippen molar-refractivity contribution in [1.82, 2.24) is 14.5 Å². The maximum absolute atomic E-state index is 4.91. The van der Waals surface area contributed by atoms with Gasteiger partial charge >= 0.3 is 0 Å². The number of aromatic nitrogens is 3. The van der Waals surface area contributed by atoms with Crippen molar-refractivity contribution in [3.05, 3.63) is 45.9 Å². The fourth-order valence-corrected chi connectivity index (χ4v) is 3.40. The number of benzene rings is 2. The molecule has 4 aromatic rings. The Balaban J connectivity index is 2.23. The predicted octanol–water partition coefficient (Wildman–Crippen LogP) is 5.14. The number of rotatable bonds is 1. The fourth-order valence-electron chi connectivity index (χ4n) is 3.04. The first kappa shape index (κ1) is 13.7. The summed E-state index contributed by atoms with van der Waals surface area (Å²) in [5.74, 6) is 0. The quantitative estimate of drug-likeness (QED) is 0.474. The van der Waals surface area contributed by atoms with Crippen LogP contribution in [0.25, 0.3) is 33.1 Å². The fraction of sp³-hybridized carbons (Fsp3) is 0.222. The van der Waals surface area contributed by atoms with Crippen molar-refractivity contribution in [1.29, 1.82) is 0 Å². The van der Waals surface area contributed by atoms with Crippen molar-refractivity contribution in [2.24, 2.45) is 0 Å². The van der Waals surface area contributed by atoms with Crippen LogP contribution in [0, 0.1) is 13.8 Å². The van der Waals surface area contributed by atoms with E-state index in [1.54, 1.807) is 0 Å². The van der Waals surface area contributed by atoms with E-state index in [0.717, 1.165) is 38.6 Å². The van der Waals surface area contributed by atoms with Gasteiger partial charge in [0.25, 0.3) is 0 Å². The van der Waals surface area contributed by atoms with Crippen LogP contribution in [0.3, 0.4) is 0 Å². The van der Waals surface area contributed by atoms with Crippen LogP contribution in [-0.2, 0) is 6.54 Å².